The number of aromatic nitrogens is 1. The average Bonchev–Trinajstić information content (AvgIpc) is 2.82. The lowest BCUT2D eigenvalue weighted by Crippen LogP contribution is -2.11. The van der Waals surface area contributed by atoms with Gasteiger partial charge in [-0.05, 0) is 76.6 Å². The van der Waals surface area contributed by atoms with Crippen LogP contribution in [0.15, 0.2) is 83.9 Å². The van der Waals surface area contributed by atoms with E-state index < -0.39 is 0 Å². The maximum atomic E-state index is 4.93. The third-order valence-corrected chi connectivity index (χ3v) is 6.33. The van der Waals surface area contributed by atoms with Crippen LogP contribution in [0, 0.1) is 0 Å². The van der Waals surface area contributed by atoms with Gasteiger partial charge in [0.05, 0.1) is 24.7 Å². The molecule has 4 heteroatoms. The first-order chi connectivity index (χ1) is 15.8. The van der Waals surface area contributed by atoms with Crippen LogP contribution in [0.2, 0.25) is 0 Å². The van der Waals surface area contributed by atoms with E-state index in [1.807, 2.05) is 24.4 Å². The molecule has 0 radical (unpaired) electrons. The zero-order valence-corrected chi connectivity index (χ0v) is 20.6. The molecule has 0 amide bonds. The molecule has 0 saturated heterocycles. The summed E-state index contributed by atoms with van der Waals surface area (Å²) >= 11 is 1.20. The fraction of sp³-hybridized carbons (Fsp3) is 0.207. The summed E-state index contributed by atoms with van der Waals surface area (Å²) in [6.07, 6.45) is 4.09. The van der Waals surface area contributed by atoms with E-state index in [2.05, 4.69) is 93.3 Å². The zero-order chi connectivity index (χ0) is 23.4. The second kappa shape index (κ2) is 9.92. The number of rotatable bonds is 6. The molecule has 0 atom stereocenters. The largest absolute Gasteiger partial charge is 0.256 e. The van der Waals surface area contributed by atoms with Crippen LogP contribution in [0.3, 0.4) is 0 Å². The molecular weight excluding hydrogens is 426 g/mol. The van der Waals surface area contributed by atoms with Crippen molar-refractivity contribution in [2.45, 2.75) is 38.0 Å². The first-order valence-corrected chi connectivity index (χ1v) is 11.7. The van der Waals surface area contributed by atoms with Crippen molar-refractivity contribution in [2.75, 3.05) is 7.11 Å². The molecule has 0 aliphatic rings. The van der Waals surface area contributed by atoms with Crippen molar-refractivity contribution in [3.05, 3.63) is 95.7 Å². The van der Waals surface area contributed by atoms with Gasteiger partial charge in [0.2, 0.25) is 0 Å². The Morgan fingerprint density at radius 1 is 0.939 bits per heavy atom. The molecule has 0 spiro atoms. The number of allylic oxidation sites excluding steroid dienone is 1. The van der Waals surface area contributed by atoms with Crippen LogP contribution < -0.4 is 0 Å². The molecule has 0 saturated carbocycles. The fourth-order valence-corrected chi connectivity index (χ4v) is 4.22. The lowest BCUT2D eigenvalue weighted by Gasteiger charge is -2.21. The molecule has 168 valence electrons. The van der Waals surface area contributed by atoms with Crippen molar-refractivity contribution in [1.29, 1.82) is 0 Å². The molecule has 1 heterocycles. The van der Waals surface area contributed by atoms with E-state index >= 15 is 0 Å². The molecule has 3 nitrogen and oxygen atoms in total. The summed E-state index contributed by atoms with van der Waals surface area (Å²) in [6, 6.07) is 25.7. The molecule has 3 aromatic carbocycles. The van der Waals surface area contributed by atoms with E-state index in [-0.39, 0.29) is 5.41 Å². The quantitative estimate of drug-likeness (QED) is 0.126. The van der Waals surface area contributed by atoms with Gasteiger partial charge in [-0.2, -0.15) is 4.33 Å². The molecule has 4 aromatic rings. The number of hydrogen-bond donors (Lipinski definition) is 0. The van der Waals surface area contributed by atoms with Crippen LogP contribution in [0.1, 0.15) is 44.4 Å². The van der Waals surface area contributed by atoms with E-state index in [1.54, 1.807) is 0 Å². The second-order valence-corrected chi connectivity index (χ2v) is 9.92. The summed E-state index contributed by atoms with van der Waals surface area (Å²) in [4.78, 5) is 10.4. The van der Waals surface area contributed by atoms with Crippen molar-refractivity contribution in [3.8, 4) is 11.1 Å². The normalized spacial score (nSPS) is 12.3. The van der Waals surface area contributed by atoms with Crippen molar-refractivity contribution in [2.24, 2.45) is 0 Å². The highest BCUT2D eigenvalue weighted by Gasteiger charge is 2.17. The molecule has 0 fully saturated rings. The summed E-state index contributed by atoms with van der Waals surface area (Å²) in [5.74, 6) is 0. The molecule has 0 aliphatic heterocycles. The van der Waals surface area contributed by atoms with Gasteiger partial charge in [0.1, 0.15) is 0 Å². The zero-order valence-electron chi connectivity index (χ0n) is 19.8. The molecule has 0 bridgehead atoms. The highest BCUT2D eigenvalue weighted by molar-refractivity contribution is 7.94. The van der Waals surface area contributed by atoms with Crippen molar-refractivity contribution < 1.29 is 9.22 Å². The van der Waals surface area contributed by atoms with Crippen molar-refractivity contribution in [3.63, 3.8) is 0 Å². The number of benzene rings is 3. The van der Waals surface area contributed by atoms with Gasteiger partial charge in [-0.15, -0.1) is 0 Å². The number of pyridine rings is 1. The number of fused-ring (bicyclic) bond motifs is 1. The Kier molecular flexibility index (Phi) is 6.99. The van der Waals surface area contributed by atoms with Gasteiger partial charge in [0.15, 0.2) is 0 Å². The SMILES string of the molecule is COOSc1ccc(/C(C)=C/c2cccc(-c3cc(C(C)(C)C)cc4cccnc34)c2)cc1. The van der Waals surface area contributed by atoms with E-state index in [1.165, 1.54) is 52.4 Å². The van der Waals surface area contributed by atoms with Gasteiger partial charge >= 0.3 is 0 Å². The second-order valence-electron chi connectivity index (χ2n) is 9.14. The van der Waals surface area contributed by atoms with Crippen molar-refractivity contribution >= 4 is 34.6 Å². The Balaban J connectivity index is 1.71. The van der Waals surface area contributed by atoms with Crippen LogP contribution in [0.4, 0.5) is 0 Å². The van der Waals surface area contributed by atoms with Gasteiger partial charge in [-0.3, -0.25) is 4.98 Å². The first kappa shape index (κ1) is 23.2. The van der Waals surface area contributed by atoms with E-state index in [4.69, 9.17) is 9.32 Å². The lowest BCUT2D eigenvalue weighted by atomic mass is 9.84. The van der Waals surface area contributed by atoms with Gasteiger partial charge in [-0.25, -0.2) is 4.89 Å². The minimum Gasteiger partial charge on any atom is -0.256 e. The van der Waals surface area contributed by atoms with Crippen LogP contribution in [-0.2, 0) is 14.6 Å². The smallest absolute Gasteiger partial charge is 0.0780 e. The minimum atomic E-state index is 0.0611. The van der Waals surface area contributed by atoms with Gasteiger partial charge in [0.25, 0.3) is 0 Å². The lowest BCUT2D eigenvalue weighted by molar-refractivity contribution is -0.160. The van der Waals surface area contributed by atoms with E-state index in [0.717, 1.165) is 16.0 Å². The maximum absolute atomic E-state index is 4.93. The first-order valence-electron chi connectivity index (χ1n) is 11.0. The van der Waals surface area contributed by atoms with E-state index in [9.17, 15) is 0 Å². The summed E-state index contributed by atoms with van der Waals surface area (Å²) in [5, 5.41) is 1.17. The van der Waals surface area contributed by atoms with Gasteiger partial charge in [0, 0.05) is 22.0 Å². The predicted octanol–water partition coefficient (Wildman–Crippen LogP) is 8.34. The topological polar surface area (TPSA) is 31.4 Å². The van der Waals surface area contributed by atoms with Crippen LogP contribution in [-0.4, -0.2) is 12.1 Å². The Morgan fingerprint density at radius 3 is 2.45 bits per heavy atom. The highest BCUT2D eigenvalue weighted by atomic mass is 32.2. The third-order valence-electron chi connectivity index (χ3n) is 5.66. The molecule has 4 rings (SSSR count). The third kappa shape index (κ3) is 5.53. The van der Waals surface area contributed by atoms with Gasteiger partial charge < -0.3 is 0 Å². The molecule has 33 heavy (non-hydrogen) atoms. The molecule has 0 unspecified atom stereocenters. The number of nitrogens with zero attached hydrogens (tertiary/aromatic N) is 1. The van der Waals surface area contributed by atoms with Crippen LogP contribution >= 0.6 is 12.0 Å². The van der Waals surface area contributed by atoms with Gasteiger partial charge in [-0.1, -0.05) is 63.2 Å². The Morgan fingerprint density at radius 2 is 1.73 bits per heavy atom. The predicted molar refractivity (Wildman–Crippen MR) is 140 cm³/mol. The Labute approximate surface area is 200 Å². The van der Waals surface area contributed by atoms with E-state index in [0.29, 0.717) is 0 Å². The molecule has 1 aromatic heterocycles. The summed E-state index contributed by atoms with van der Waals surface area (Å²) in [5.41, 5.74) is 8.29. The maximum Gasteiger partial charge on any atom is 0.0780 e. The fourth-order valence-electron chi connectivity index (χ4n) is 3.82. The minimum absolute atomic E-state index is 0.0611. The average molecular weight is 456 g/mol. The summed E-state index contributed by atoms with van der Waals surface area (Å²) in [6.45, 7) is 8.89. The summed E-state index contributed by atoms with van der Waals surface area (Å²) < 4.78 is 4.93. The summed E-state index contributed by atoms with van der Waals surface area (Å²) in [7, 11) is 1.50. The van der Waals surface area contributed by atoms with Crippen LogP contribution in [0.25, 0.3) is 33.7 Å². The molecule has 0 N–H and O–H groups in total. The van der Waals surface area contributed by atoms with Crippen LogP contribution in [0.5, 0.6) is 0 Å². The Hall–Kier alpha value is -2.92. The monoisotopic (exact) mass is 455 g/mol. The highest BCUT2D eigenvalue weighted by Crippen LogP contribution is 2.34. The van der Waals surface area contributed by atoms with Crippen molar-refractivity contribution in [1.82, 2.24) is 4.98 Å². The number of hydrogen-bond acceptors (Lipinski definition) is 4. The molecule has 0 aliphatic carbocycles. The molecular formula is C29H29NO2S. The standard InChI is InChI=1S/C29H29NO2S/c1-20(22-11-13-26(14-12-22)33-32-31-5)16-21-8-6-9-23(17-21)27-19-25(29(2,3)4)18-24-10-7-15-30-28(24)27/h6-19H,1-5H3/b20-16+. The Bertz CT molecular complexity index is 1290.